The average molecular weight is 202 g/mol. The highest BCUT2D eigenvalue weighted by atomic mass is 16.4. The van der Waals surface area contributed by atoms with Crippen molar-refractivity contribution in [2.24, 2.45) is 5.92 Å². The van der Waals surface area contributed by atoms with Crippen molar-refractivity contribution < 1.29 is 9.90 Å². The molecule has 0 rings (SSSR count). The second kappa shape index (κ2) is 5.20. The van der Waals surface area contributed by atoms with Crippen LogP contribution in [0.25, 0.3) is 0 Å². The molecule has 0 aromatic rings. The van der Waals surface area contributed by atoms with E-state index in [1.165, 1.54) is 5.01 Å². The van der Waals surface area contributed by atoms with Gasteiger partial charge in [-0.15, -0.1) is 0 Å². The molecule has 0 aliphatic heterocycles. The smallest absolute Gasteiger partial charge is 0.421 e. The van der Waals surface area contributed by atoms with Crippen molar-refractivity contribution in [2.45, 2.75) is 46.6 Å². The third-order valence-corrected chi connectivity index (χ3v) is 1.63. The van der Waals surface area contributed by atoms with Gasteiger partial charge < -0.3 is 5.11 Å². The van der Waals surface area contributed by atoms with Gasteiger partial charge in [-0.25, -0.2) is 15.2 Å². The standard InChI is InChI=1S/C10H22N2O2/c1-8(2)6-7-12(9(13)14)11-10(3,4)5/h8,11H,6-7H2,1-5H3,(H,13,14). The molecule has 2 N–H and O–H groups in total. The largest absolute Gasteiger partial charge is 0.464 e. The number of hydrogen-bond acceptors (Lipinski definition) is 2. The molecule has 84 valence electrons. The van der Waals surface area contributed by atoms with E-state index in [1.54, 1.807) is 0 Å². The summed E-state index contributed by atoms with van der Waals surface area (Å²) in [7, 11) is 0. The van der Waals surface area contributed by atoms with Crippen LogP contribution in [0.15, 0.2) is 0 Å². The van der Waals surface area contributed by atoms with Gasteiger partial charge in [0.25, 0.3) is 0 Å². The molecule has 0 saturated carbocycles. The number of hydrazine groups is 1. The van der Waals surface area contributed by atoms with Gasteiger partial charge in [-0.05, 0) is 33.1 Å². The van der Waals surface area contributed by atoms with E-state index in [4.69, 9.17) is 5.11 Å². The molecule has 4 heteroatoms. The van der Waals surface area contributed by atoms with Gasteiger partial charge in [0.1, 0.15) is 0 Å². The summed E-state index contributed by atoms with van der Waals surface area (Å²) in [5.41, 5.74) is 2.73. The van der Waals surface area contributed by atoms with E-state index in [0.717, 1.165) is 6.42 Å². The number of nitrogens with one attached hydrogen (secondary N) is 1. The monoisotopic (exact) mass is 202 g/mol. The molecule has 0 aliphatic rings. The first-order valence-electron chi connectivity index (χ1n) is 5.00. The van der Waals surface area contributed by atoms with Crippen LogP contribution in [0.5, 0.6) is 0 Å². The van der Waals surface area contributed by atoms with E-state index >= 15 is 0 Å². The van der Waals surface area contributed by atoms with Crippen LogP contribution < -0.4 is 5.43 Å². The molecule has 1 amide bonds. The third-order valence-electron chi connectivity index (χ3n) is 1.63. The minimum atomic E-state index is -0.916. The maximum atomic E-state index is 10.9. The molecular weight excluding hydrogens is 180 g/mol. The van der Waals surface area contributed by atoms with E-state index in [9.17, 15) is 4.79 Å². The molecule has 0 aromatic carbocycles. The van der Waals surface area contributed by atoms with Crippen LogP contribution in [-0.4, -0.2) is 28.3 Å². The summed E-state index contributed by atoms with van der Waals surface area (Å²) in [6.07, 6.45) is -0.0457. The zero-order valence-electron chi connectivity index (χ0n) is 9.79. The Hall–Kier alpha value is -0.770. The van der Waals surface area contributed by atoms with Crippen LogP contribution in [0.1, 0.15) is 41.0 Å². The minimum absolute atomic E-state index is 0.213. The molecule has 0 unspecified atom stereocenters. The van der Waals surface area contributed by atoms with Crippen molar-refractivity contribution in [1.29, 1.82) is 0 Å². The summed E-state index contributed by atoms with van der Waals surface area (Å²) in [5.74, 6) is 0.513. The molecular formula is C10H22N2O2. The fourth-order valence-electron chi connectivity index (χ4n) is 0.992. The summed E-state index contributed by atoms with van der Waals surface area (Å²) in [6, 6.07) is 0. The topological polar surface area (TPSA) is 52.6 Å². The second-order valence-electron chi connectivity index (χ2n) is 4.98. The Bertz CT molecular complexity index is 185. The highest BCUT2D eigenvalue weighted by Crippen LogP contribution is 2.05. The Kier molecular flexibility index (Phi) is 4.91. The van der Waals surface area contributed by atoms with E-state index in [0.29, 0.717) is 12.5 Å². The Morgan fingerprint density at radius 2 is 1.93 bits per heavy atom. The first-order chi connectivity index (χ1) is 6.22. The SMILES string of the molecule is CC(C)CCN(NC(C)(C)C)C(=O)O. The van der Waals surface area contributed by atoms with Gasteiger partial charge in [0.05, 0.1) is 0 Å². The van der Waals surface area contributed by atoms with Gasteiger partial charge in [-0.2, -0.15) is 0 Å². The Morgan fingerprint density at radius 1 is 1.43 bits per heavy atom. The molecule has 0 heterocycles. The average Bonchev–Trinajstić information content (AvgIpc) is 1.94. The number of amides is 1. The predicted octanol–water partition coefficient (Wildman–Crippen LogP) is 2.32. The number of carboxylic acid groups (broad SMARTS) is 1. The van der Waals surface area contributed by atoms with Gasteiger partial charge in [-0.3, -0.25) is 0 Å². The van der Waals surface area contributed by atoms with Gasteiger partial charge in [0, 0.05) is 12.1 Å². The fraction of sp³-hybridized carbons (Fsp3) is 0.900. The quantitative estimate of drug-likeness (QED) is 0.688. The number of rotatable bonds is 4. The summed E-state index contributed by atoms with van der Waals surface area (Å²) in [5, 5.41) is 10.2. The summed E-state index contributed by atoms with van der Waals surface area (Å²) >= 11 is 0. The highest BCUT2D eigenvalue weighted by Gasteiger charge is 2.18. The second-order valence-corrected chi connectivity index (χ2v) is 4.98. The zero-order valence-corrected chi connectivity index (χ0v) is 9.79. The van der Waals surface area contributed by atoms with Gasteiger partial charge in [-0.1, -0.05) is 13.8 Å². The van der Waals surface area contributed by atoms with E-state index in [1.807, 2.05) is 20.8 Å². The highest BCUT2D eigenvalue weighted by molar-refractivity contribution is 5.64. The van der Waals surface area contributed by atoms with Crippen molar-refractivity contribution in [3.63, 3.8) is 0 Å². The van der Waals surface area contributed by atoms with Crippen LogP contribution in [0, 0.1) is 5.92 Å². The lowest BCUT2D eigenvalue weighted by atomic mass is 10.1. The van der Waals surface area contributed by atoms with Crippen molar-refractivity contribution in [2.75, 3.05) is 6.54 Å². The van der Waals surface area contributed by atoms with Crippen molar-refractivity contribution in [3.8, 4) is 0 Å². The normalized spacial score (nSPS) is 11.9. The lowest BCUT2D eigenvalue weighted by Crippen LogP contribution is -2.52. The number of hydrogen-bond donors (Lipinski definition) is 2. The van der Waals surface area contributed by atoms with E-state index < -0.39 is 6.09 Å². The lowest BCUT2D eigenvalue weighted by molar-refractivity contribution is 0.0928. The summed E-state index contributed by atoms with van der Waals surface area (Å²) < 4.78 is 0. The van der Waals surface area contributed by atoms with Crippen LogP contribution in [0.2, 0.25) is 0 Å². The van der Waals surface area contributed by atoms with Crippen LogP contribution >= 0.6 is 0 Å². The van der Waals surface area contributed by atoms with E-state index in [2.05, 4.69) is 19.3 Å². The van der Waals surface area contributed by atoms with Crippen molar-refractivity contribution in [1.82, 2.24) is 10.4 Å². The molecule has 0 aliphatic carbocycles. The Morgan fingerprint density at radius 3 is 2.21 bits per heavy atom. The van der Waals surface area contributed by atoms with Crippen LogP contribution in [0.3, 0.4) is 0 Å². The van der Waals surface area contributed by atoms with Crippen LogP contribution in [-0.2, 0) is 0 Å². The number of nitrogens with zero attached hydrogens (tertiary/aromatic N) is 1. The zero-order chi connectivity index (χ0) is 11.4. The molecule has 0 saturated heterocycles. The molecule has 0 bridgehead atoms. The maximum absolute atomic E-state index is 10.9. The fourth-order valence-corrected chi connectivity index (χ4v) is 0.992. The van der Waals surface area contributed by atoms with Crippen LogP contribution in [0.4, 0.5) is 4.79 Å². The van der Waals surface area contributed by atoms with Crippen molar-refractivity contribution >= 4 is 6.09 Å². The Balaban J connectivity index is 4.10. The molecule has 0 atom stereocenters. The molecule has 0 aromatic heterocycles. The molecule has 0 radical (unpaired) electrons. The lowest BCUT2D eigenvalue weighted by Gasteiger charge is -2.29. The molecule has 0 fully saturated rings. The van der Waals surface area contributed by atoms with E-state index in [-0.39, 0.29) is 5.54 Å². The van der Waals surface area contributed by atoms with Crippen molar-refractivity contribution in [3.05, 3.63) is 0 Å². The number of carbonyl (C=O) groups is 1. The minimum Gasteiger partial charge on any atom is -0.464 e. The first kappa shape index (κ1) is 13.2. The van der Waals surface area contributed by atoms with Gasteiger partial charge in [0.15, 0.2) is 0 Å². The Labute approximate surface area is 86.3 Å². The maximum Gasteiger partial charge on any atom is 0.421 e. The molecule has 0 spiro atoms. The molecule has 14 heavy (non-hydrogen) atoms. The summed E-state index contributed by atoms with van der Waals surface area (Å²) in [4.78, 5) is 10.9. The first-order valence-corrected chi connectivity index (χ1v) is 5.00. The third kappa shape index (κ3) is 6.71. The predicted molar refractivity (Wildman–Crippen MR) is 57.1 cm³/mol. The van der Waals surface area contributed by atoms with Gasteiger partial charge in [0.2, 0.25) is 0 Å². The molecule has 4 nitrogen and oxygen atoms in total. The van der Waals surface area contributed by atoms with Gasteiger partial charge >= 0.3 is 6.09 Å². The summed E-state index contributed by atoms with van der Waals surface area (Å²) in [6.45, 7) is 10.5.